The molecule has 0 fully saturated rings. The molecule has 2 atom stereocenters. The third-order valence-corrected chi connectivity index (χ3v) is 6.45. The van der Waals surface area contributed by atoms with Gasteiger partial charge in [-0.25, -0.2) is 9.59 Å². The van der Waals surface area contributed by atoms with Gasteiger partial charge in [-0.15, -0.1) is 12.4 Å². The molecular weight excluding hydrogens is 582 g/mol. The largest absolute Gasteiger partial charge is 0.491 e. The molecule has 1 aliphatic rings. The van der Waals surface area contributed by atoms with Crippen molar-refractivity contribution in [2.75, 3.05) is 27.4 Å². The van der Waals surface area contributed by atoms with Crippen molar-refractivity contribution in [3.05, 3.63) is 98.9 Å². The average Bonchev–Trinajstić information content (AvgIpc) is 2.98. The zero-order valence-corrected chi connectivity index (χ0v) is 25.3. The number of nitrogens with zero attached hydrogens (tertiary/aromatic N) is 1. The van der Waals surface area contributed by atoms with Gasteiger partial charge in [0.25, 0.3) is 5.69 Å². The minimum Gasteiger partial charge on any atom is -0.491 e. The van der Waals surface area contributed by atoms with Crippen LogP contribution in [-0.4, -0.2) is 61.7 Å². The van der Waals surface area contributed by atoms with Gasteiger partial charge >= 0.3 is 11.9 Å². The van der Waals surface area contributed by atoms with Crippen LogP contribution < -0.4 is 20.1 Å². The second-order valence-electron chi connectivity index (χ2n) is 9.35. The van der Waals surface area contributed by atoms with Gasteiger partial charge in [-0.1, -0.05) is 24.3 Å². The summed E-state index contributed by atoms with van der Waals surface area (Å²) in [4.78, 5) is 37.2. The van der Waals surface area contributed by atoms with Crippen LogP contribution in [0.3, 0.4) is 0 Å². The predicted octanol–water partition coefficient (Wildman–Crippen LogP) is 3.91. The summed E-state index contributed by atoms with van der Waals surface area (Å²) < 4.78 is 21.9. The first-order valence-corrected chi connectivity index (χ1v) is 13.1. The van der Waals surface area contributed by atoms with Crippen molar-refractivity contribution in [3.63, 3.8) is 0 Å². The standard InChI is InChI=1S/C30H35N3O9.ClH/c1-6-10-25(31-16-21(34)17-41-22-11-8-7-9-12-22)42-24-14-13-20(33(37)38)15-23(24)28-26(29(35)39-4)18(2)32-19(3)27(28)30(36)40-5;/h6-15,21,25,28,31-32,34H,16-17H2,1-5H3;1H/b10-6-;. The molecule has 0 saturated heterocycles. The zero-order chi connectivity index (χ0) is 30.8. The van der Waals surface area contributed by atoms with Gasteiger partial charge in [0, 0.05) is 35.6 Å². The van der Waals surface area contributed by atoms with Gasteiger partial charge in [-0.05, 0) is 45.0 Å². The molecule has 0 spiro atoms. The average molecular weight is 618 g/mol. The third-order valence-electron chi connectivity index (χ3n) is 6.45. The molecule has 13 heteroatoms. The van der Waals surface area contributed by atoms with E-state index in [-0.39, 0.29) is 53.7 Å². The van der Waals surface area contributed by atoms with E-state index >= 15 is 0 Å². The first-order valence-electron chi connectivity index (χ1n) is 13.1. The van der Waals surface area contributed by atoms with Crippen molar-refractivity contribution in [1.29, 1.82) is 0 Å². The lowest BCUT2D eigenvalue weighted by Gasteiger charge is -2.31. The van der Waals surface area contributed by atoms with Gasteiger partial charge in [0.2, 0.25) is 0 Å². The molecule has 3 rings (SSSR count). The molecule has 12 nitrogen and oxygen atoms in total. The number of hydrogen-bond acceptors (Lipinski definition) is 11. The van der Waals surface area contributed by atoms with Gasteiger partial charge in [-0.2, -0.15) is 0 Å². The van der Waals surface area contributed by atoms with Crippen LogP contribution in [0.25, 0.3) is 0 Å². The normalized spacial score (nSPS) is 14.8. The highest BCUT2D eigenvalue weighted by atomic mass is 35.5. The van der Waals surface area contributed by atoms with Gasteiger partial charge in [0.1, 0.15) is 24.2 Å². The maximum Gasteiger partial charge on any atom is 0.336 e. The summed E-state index contributed by atoms with van der Waals surface area (Å²) in [5, 5.41) is 28.3. The fourth-order valence-corrected chi connectivity index (χ4v) is 4.53. The van der Waals surface area contributed by atoms with E-state index in [4.69, 9.17) is 18.9 Å². The number of nitrogens with one attached hydrogen (secondary N) is 2. The van der Waals surface area contributed by atoms with Crippen LogP contribution in [0.2, 0.25) is 0 Å². The smallest absolute Gasteiger partial charge is 0.336 e. The lowest BCUT2D eigenvalue weighted by molar-refractivity contribution is -0.385. The Morgan fingerprint density at radius 2 is 1.67 bits per heavy atom. The number of nitro benzene ring substituents is 1. The zero-order valence-electron chi connectivity index (χ0n) is 24.5. The number of methoxy groups -OCH3 is 2. The Kier molecular flexibility index (Phi) is 13.2. The summed E-state index contributed by atoms with van der Waals surface area (Å²) in [6.45, 7) is 5.15. The second kappa shape index (κ2) is 16.3. The first kappa shape index (κ1) is 34.8. The van der Waals surface area contributed by atoms with Gasteiger partial charge in [-0.3, -0.25) is 15.4 Å². The molecule has 1 heterocycles. The first-order chi connectivity index (χ1) is 20.1. The maximum atomic E-state index is 13.0. The lowest BCUT2D eigenvalue weighted by Crippen LogP contribution is -2.40. The molecular formula is C30H36ClN3O9. The fraction of sp³-hybridized carbons (Fsp3) is 0.333. The number of aliphatic hydroxyl groups is 1. The Morgan fingerprint density at radius 3 is 2.21 bits per heavy atom. The highest BCUT2D eigenvalue weighted by Gasteiger charge is 2.40. The lowest BCUT2D eigenvalue weighted by atomic mass is 9.79. The fourth-order valence-electron chi connectivity index (χ4n) is 4.53. The van der Waals surface area contributed by atoms with Gasteiger partial charge in [0.05, 0.1) is 36.2 Å². The number of hydrogen-bond donors (Lipinski definition) is 3. The molecule has 0 saturated carbocycles. The number of ether oxygens (including phenoxy) is 4. The van der Waals surface area contributed by atoms with Crippen LogP contribution >= 0.6 is 12.4 Å². The minimum absolute atomic E-state index is 0. The second-order valence-corrected chi connectivity index (χ2v) is 9.35. The van der Waals surface area contributed by atoms with Crippen LogP contribution in [0, 0.1) is 10.1 Å². The summed E-state index contributed by atoms with van der Waals surface area (Å²) in [5.74, 6) is -1.81. The highest BCUT2D eigenvalue weighted by molar-refractivity contribution is 6.00. The molecule has 232 valence electrons. The van der Waals surface area contributed by atoms with E-state index in [0.29, 0.717) is 17.1 Å². The van der Waals surface area contributed by atoms with E-state index in [9.17, 15) is 24.8 Å². The van der Waals surface area contributed by atoms with Gasteiger partial charge < -0.3 is 29.4 Å². The number of carbonyl (C=O) groups is 2. The number of aliphatic hydroxyl groups excluding tert-OH is 1. The highest BCUT2D eigenvalue weighted by Crippen LogP contribution is 2.44. The SMILES string of the molecule is C/C=C\C(NCC(O)COc1ccccc1)Oc1ccc([N+](=O)[O-])cc1C1C(C(=O)OC)=C(C)NC(C)=C1C(=O)OC.Cl. The number of nitro groups is 1. The number of dihydropyridines is 1. The Labute approximate surface area is 255 Å². The molecule has 0 aliphatic carbocycles. The van der Waals surface area contributed by atoms with Crippen molar-refractivity contribution in [3.8, 4) is 11.5 Å². The van der Waals surface area contributed by atoms with E-state index in [1.54, 1.807) is 45.1 Å². The number of non-ortho nitro benzene ring substituents is 1. The number of esters is 2. The van der Waals surface area contributed by atoms with Crippen molar-refractivity contribution in [2.24, 2.45) is 0 Å². The Bertz CT molecular complexity index is 1350. The summed E-state index contributed by atoms with van der Waals surface area (Å²) in [6.07, 6.45) is 1.72. The van der Waals surface area contributed by atoms with E-state index in [0.717, 1.165) is 0 Å². The Morgan fingerprint density at radius 1 is 1.07 bits per heavy atom. The van der Waals surface area contributed by atoms with Gasteiger partial charge in [0.15, 0.2) is 6.23 Å². The summed E-state index contributed by atoms with van der Waals surface area (Å²) in [6, 6.07) is 13.0. The van der Waals surface area contributed by atoms with E-state index in [1.807, 2.05) is 18.2 Å². The Hall–Kier alpha value is -4.39. The monoisotopic (exact) mass is 617 g/mol. The molecule has 0 bridgehead atoms. The van der Waals surface area contributed by atoms with Crippen molar-refractivity contribution >= 4 is 30.0 Å². The number of benzene rings is 2. The van der Waals surface area contributed by atoms with Crippen molar-refractivity contribution < 1.29 is 38.6 Å². The number of para-hydroxylation sites is 1. The van der Waals surface area contributed by atoms with Crippen LogP contribution in [0.5, 0.6) is 11.5 Å². The molecule has 1 aliphatic heterocycles. The summed E-state index contributed by atoms with van der Waals surface area (Å²) in [7, 11) is 2.40. The molecule has 43 heavy (non-hydrogen) atoms. The number of allylic oxidation sites excluding steroid dienone is 3. The third kappa shape index (κ3) is 8.80. The topological polar surface area (TPSA) is 158 Å². The van der Waals surface area contributed by atoms with Crippen LogP contribution in [0.4, 0.5) is 5.69 Å². The van der Waals surface area contributed by atoms with Crippen LogP contribution in [0.1, 0.15) is 32.3 Å². The quantitative estimate of drug-likeness (QED) is 0.0983. The Balaban J connectivity index is 0.00000645. The summed E-state index contributed by atoms with van der Waals surface area (Å²) >= 11 is 0. The van der Waals surface area contributed by atoms with Crippen molar-refractivity contribution in [2.45, 2.75) is 39.0 Å². The van der Waals surface area contributed by atoms with Crippen LogP contribution in [-0.2, 0) is 19.1 Å². The maximum absolute atomic E-state index is 13.0. The van der Waals surface area contributed by atoms with E-state index < -0.39 is 35.1 Å². The molecule has 0 radical (unpaired) electrons. The molecule has 2 aromatic carbocycles. The van der Waals surface area contributed by atoms with E-state index in [2.05, 4.69) is 10.6 Å². The van der Waals surface area contributed by atoms with E-state index in [1.165, 1.54) is 32.4 Å². The van der Waals surface area contributed by atoms with Crippen LogP contribution in [0.15, 0.2) is 83.2 Å². The molecule has 2 unspecified atom stereocenters. The minimum atomic E-state index is -1.11. The molecule has 2 aromatic rings. The number of rotatable bonds is 13. The predicted molar refractivity (Wildman–Crippen MR) is 161 cm³/mol. The molecule has 3 N–H and O–H groups in total. The number of carbonyl (C=O) groups excluding carboxylic acids is 2. The van der Waals surface area contributed by atoms with Crippen molar-refractivity contribution in [1.82, 2.24) is 10.6 Å². The molecule has 0 amide bonds. The molecule has 0 aromatic heterocycles. The summed E-state index contributed by atoms with van der Waals surface area (Å²) in [5.41, 5.74) is 0.840. The number of halogens is 1.